The molecule has 0 aliphatic rings. The van der Waals surface area contributed by atoms with Gasteiger partial charge in [-0.1, -0.05) is 6.07 Å². The van der Waals surface area contributed by atoms with Gasteiger partial charge >= 0.3 is 0 Å². The molecule has 0 saturated heterocycles. The van der Waals surface area contributed by atoms with Crippen molar-refractivity contribution in [1.29, 1.82) is 0 Å². The van der Waals surface area contributed by atoms with Crippen molar-refractivity contribution in [3.63, 3.8) is 0 Å². The molecule has 6 nitrogen and oxygen atoms in total. The SMILES string of the molecule is COc1cccc(OCCOCCS(N)(=O)=O)c1. The Morgan fingerprint density at radius 1 is 1.17 bits per heavy atom. The molecule has 18 heavy (non-hydrogen) atoms. The van der Waals surface area contributed by atoms with Crippen molar-refractivity contribution in [2.45, 2.75) is 0 Å². The van der Waals surface area contributed by atoms with Gasteiger partial charge in [-0.25, -0.2) is 13.6 Å². The number of methoxy groups -OCH3 is 1. The first-order chi connectivity index (χ1) is 8.51. The lowest BCUT2D eigenvalue weighted by Crippen LogP contribution is -2.21. The molecule has 102 valence electrons. The summed E-state index contributed by atoms with van der Waals surface area (Å²) in [5, 5.41) is 4.82. The molecular weight excluding hydrogens is 258 g/mol. The van der Waals surface area contributed by atoms with E-state index in [0.29, 0.717) is 24.7 Å². The monoisotopic (exact) mass is 275 g/mol. The molecule has 2 N–H and O–H groups in total. The summed E-state index contributed by atoms with van der Waals surface area (Å²) in [5.41, 5.74) is 0. The van der Waals surface area contributed by atoms with Crippen LogP contribution in [0.5, 0.6) is 11.5 Å². The molecule has 1 aromatic rings. The Labute approximate surface area is 107 Å². The minimum Gasteiger partial charge on any atom is -0.497 e. The zero-order valence-corrected chi connectivity index (χ0v) is 11.0. The lowest BCUT2D eigenvalue weighted by Gasteiger charge is -2.08. The molecule has 0 fully saturated rings. The number of rotatable bonds is 8. The Morgan fingerprint density at radius 3 is 2.56 bits per heavy atom. The third-order valence-electron chi connectivity index (χ3n) is 2.05. The van der Waals surface area contributed by atoms with Crippen LogP contribution in [0, 0.1) is 0 Å². The van der Waals surface area contributed by atoms with Crippen molar-refractivity contribution in [3.8, 4) is 11.5 Å². The fraction of sp³-hybridized carbons (Fsp3) is 0.455. The molecule has 0 aromatic heterocycles. The normalized spacial score (nSPS) is 11.2. The molecule has 0 amide bonds. The average molecular weight is 275 g/mol. The summed E-state index contributed by atoms with van der Waals surface area (Å²) in [7, 11) is -1.88. The van der Waals surface area contributed by atoms with E-state index in [9.17, 15) is 8.42 Å². The van der Waals surface area contributed by atoms with Gasteiger partial charge in [0.1, 0.15) is 18.1 Å². The predicted octanol–water partition coefficient (Wildman–Crippen LogP) is 0.379. The highest BCUT2D eigenvalue weighted by Gasteiger charge is 2.02. The van der Waals surface area contributed by atoms with Crippen LogP contribution in [-0.2, 0) is 14.8 Å². The fourth-order valence-electron chi connectivity index (χ4n) is 1.19. The first kappa shape index (κ1) is 14.7. The highest BCUT2D eigenvalue weighted by Crippen LogP contribution is 2.18. The summed E-state index contributed by atoms with van der Waals surface area (Å²) in [4.78, 5) is 0. The first-order valence-electron chi connectivity index (χ1n) is 5.36. The number of ether oxygens (including phenoxy) is 3. The van der Waals surface area contributed by atoms with Gasteiger partial charge in [0.15, 0.2) is 0 Å². The Bertz CT molecular complexity index is 460. The quantitative estimate of drug-likeness (QED) is 0.693. The Morgan fingerprint density at radius 2 is 1.89 bits per heavy atom. The van der Waals surface area contributed by atoms with Crippen LogP contribution in [0.2, 0.25) is 0 Å². The Kier molecular flexibility index (Phi) is 5.90. The zero-order valence-electron chi connectivity index (χ0n) is 10.2. The Balaban J connectivity index is 2.18. The molecule has 0 radical (unpaired) electrons. The molecule has 0 bridgehead atoms. The summed E-state index contributed by atoms with van der Waals surface area (Å²) in [6, 6.07) is 7.18. The van der Waals surface area contributed by atoms with Crippen molar-refractivity contribution < 1.29 is 22.6 Å². The number of primary sulfonamides is 1. The lowest BCUT2D eigenvalue weighted by atomic mass is 10.3. The zero-order chi connectivity index (χ0) is 13.4. The van der Waals surface area contributed by atoms with E-state index < -0.39 is 10.0 Å². The van der Waals surface area contributed by atoms with Crippen LogP contribution in [0.3, 0.4) is 0 Å². The van der Waals surface area contributed by atoms with Gasteiger partial charge in [0, 0.05) is 6.07 Å². The molecular formula is C11H17NO5S. The maximum Gasteiger partial charge on any atom is 0.211 e. The molecule has 1 rings (SSSR count). The van der Waals surface area contributed by atoms with Gasteiger partial charge in [-0.3, -0.25) is 0 Å². The van der Waals surface area contributed by atoms with Crippen LogP contribution in [0.4, 0.5) is 0 Å². The second-order valence-electron chi connectivity index (χ2n) is 3.51. The summed E-state index contributed by atoms with van der Waals surface area (Å²) in [5.74, 6) is 1.19. The fourth-order valence-corrected chi connectivity index (χ4v) is 1.54. The van der Waals surface area contributed by atoms with E-state index in [1.165, 1.54) is 0 Å². The molecule has 1 aromatic carbocycles. The lowest BCUT2D eigenvalue weighted by molar-refractivity contribution is 0.111. The van der Waals surface area contributed by atoms with Gasteiger partial charge in [-0.15, -0.1) is 0 Å². The van der Waals surface area contributed by atoms with E-state index >= 15 is 0 Å². The van der Waals surface area contributed by atoms with Crippen LogP contribution in [-0.4, -0.2) is 41.1 Å². The van der Waals surface area contributed by atoms with Crippen LogP contribution >= 0.6 is 0 Å². The van der Waals surface area contributed by atoms with Gasteiger partial charge in [0.05, 0.1) is 26.1 Å². The van der Waals surface area contributed by atoms with E-state index in [4.69, 9.17) is 19.3 Å². The standard InChI is InChI=1S/C11H17NO5S/c1-15-10-3-2-4-11(9-10)17-6-5-16-7-8-18(12,13)14/h2-4,9H,5-8H2,1H3,(H2,12,13,14). The number of benzene rings is 1. The Hall–Kier alpha value is -1.31. The van der Waals surface area contributed by atoms with E-state index in [2.05, 4.69) is 0 Å². The second-order valence-corrected chi connectivity index (χ2v) is 5.24. The molecule has 0 spiro atoms. The van der Waals surface area contributed by atoms with E-state index in [1.807, 2.05) is 12.1 Å². The molecule has 0 unspecified atom stereocenters. The third kappa shape index (κ3) is 6.43. The first-order valence-corrected chi connectivity index (χ1v) is 7.08. The summed E-state index contributed by atoms with van der Waals surface area (Å²) in [6.07, 6.45) is 0. The maximum atomic E-state index is 10.6. The van der Waals surface area contributed by atoms with Crippen molar-refractivity contribution in [2.24, 2.45) is 5.14 Å². The molecule has 0 aliphatic heterocycles. The molecule has 0 saturated carbocycles. The van der Waals surface area contributed by atoms with Gasteiger partial charge < -0.3 is 14.2 Å². The molecule has 0 heterocycles. The van der Waals surface area contributed by atoms with Crippen molar-refractivity contribution in [2.75, 3.05) is 32.7 Å². The second kappa shape index (κ2) is 7.20. The largest absolute Gasteiger partial charge is 0.497 e. The van der Waals surface area contributed by atoms with Gasteiger partial charge in [-0.2, -0.15) is 0 Å². The van der Waals surface area contributed by atoms with Gasteiger partial charge in [-0.05, 0) is 12.1 Å². The van der Waals surface area contributed by atoms with Crippen molar-refractivity contribution in [1.82, 2.24) is 0 Å². The average Bonchev–Trinajstić information content (AvgIpc) is 2.32. The molecule has 0 atom stereocenters. The number of sulfonamides is 1. The van der Waals surface area contributed by atoms with Crippen LogP contribution in [0.1, 0.15) is 0 Å². The summed E-state index contributed by atoms with van der Waals surface area (Å²) >= 11 is 0. The predicted molar refractivity (Wildman–Crippen MR) is 67.3 cm³/mol. The van der Waals surface area contributed by atoms with Crippen LogP contribution in [0.15, 0.2) is 24.3 Å². The topological polar surface area (TPSA) is 87.8 Å². The molecule has 0 aliphatic carbocycles. The maximum absolute atomic E-state index is 10.6. The minimum absolute atomic E-state index is 0.0697. The van der Waals surface area contributed by atoms with Crippen molar-refractivity contribution in [3.05, 3.63) is 24.3 Å². The number of hydrogen-bond acceptors (Lipinski definition) is 5. The van der Waals surface area contributed by atoms with E-state index in [1.54, 1.807) is 19.2 Å². The van der Waals surface area contributed by atoms with E-state index in [0.717, 1.165) is 0 Å². The van der Waals surface area contributed by atoms with Crippen LogP contribution < -0.4 is 14.6 Å². The highest BCUT2D eigenvalue weighted by atomic mass is 32.2. The van der Waals surface area contributed by atoms with Gasteiger partial charge in [0.2, 0.25) is 10.0 Å². The van der Waals surface area contributed by atoms with Gasteiger partial charge in [0.25, 0.3) is 0 Å². The van der Waals surface area contributed by atoms with E-state index in [-0.39, 0.29) is 12.4 Å². The van der Waals surface area contributed by atoms with Crippen LogP contribution in [0.25, 0.3) is 0 Å². The third-order valence-corrected chi connectivity index (χ3v) is 2.79. The number of nitrogens with two attached hydrogens (primary N) is 1. The number of hydrogen-bond donors (Lipinski definition) is 1. The summed E-state index contributed by atoms with van der Waals surface area (Å²) in [6.45, 7) is 0.699. The summed E-state index contributed by atoms with van der Waals surface area (Å²) < 4.78 is 36.7. The molecule has 7 heteroatoms. The van der Waals surface area contributed by atoms with Crippen molar-refractivity contribution >= 4 is 10.0 Å². The highest BCUT2D eigenvalue weighted by molar-refractivity contribution is 7.89. The smallest absolute Gasteiger partial charge is 0.211 e. The minimum atomic E-state index is -3.45.